The van der Waals surface area contributed by atoms with Gasteiger partial charge in [-0.15, -0.1) is 0 Å². The Morgan fingerprint density at radius 3 is 2.71 bits per heavy atom. The van der Waals surface area contributed by atoms with Crippen LogP contribution in [0.4, 0.5) is 17.2 Å². The molecule has 0 unspecified atom stereocenters. The fourth-order valence-corrected chi connectivity index (χ4v) is 4.12. The molecule has 12 heteroatoms. The Labute approximate surface area is 218 Å². The van der Waals surface area contributed by atoms with Crippen molar-refractivity contribution in [1.82, 2.24) is 14.8 Å². The molecule has 0 saturated carbocycles. The monoisotopic (exact) mass is 522 g/mol. The van der Waals surface area contributed by atoms with Gasteiger partial charge in [0.25, 0.3) is 17.7 Å². The zero-order valence-electron chi connectivity index (χ0n) is 21.3. The lowest BCUT2D eigenvalue weighted by molar-refractivity contribution is -0.150. The number of hydrogen-bond acceptors (Lipinski definition) is 7. The minimum atomic E-state index is -1.77. The van der Waals surface area contributed by atoms with E-state index < -0.39 is 24.0 Å². The molecular weight excluding hydrogens is 492 g/mol. The van der Waals surface area contributed by atoms with E-state index in [1.165, 1.54) is 27.8 Å². The molecular formula is C26H30N6O6. The van der Waals surface area contributed by atoms with E-state index in [2.05, 4.69) is 10.3 Å². The number of aliphatic hydroxyl groups excluding tert-OH is 1. The third-order valence-corrected chi connectivity index (χ3v) is 6.29. The first-order chi connectivity index (χ1) is 18.1. The van der Waals surface area contributed by atoms with Gasteiger partial charge in [0.15, 0.2) is 12.2 Å². The van der Waals surface area contributed by atoms with E-state index in [-0.39, 0.29) is 37.1 Å². The number of aromatic nitrogens is 1. The molecule has 3 aromatic rings. The summed E-state index contributed by atoms with van der Waals surface area (Å²) in [6, 6.07) is 11.4. The molecule has 0 bridgehead atoms. The molecule has 4 rings (SSSR count). The SMILES string of the molecule is CN(C)C(=O)CN(C)C(=O)c1cccc(N2CCO[C@H]([C@@H](O)C(=O)Nc3ccc4c(N)[nH]cc4c3)C2=O)c1. The predicted molar refractivity (Wildman–Crippen MR) is 142 cm³/mol. The van der Waals surface area contributed by atoms with Gasteiger partial charge in [0.1, 0.15) is 5.82 Å². The summed E-state index contributed by atoms with van der Waals surface area (Å²) in [7, 11) is 4.73. The van der Waals surface area contributed by atoms with Gasteiger partial charge in [-0.05, 0) is 36.4 Å². The molecule has 2 aromatic carbocycles. The van der Waals surface area contributed by atoms with Gasteiger partial charge in [-0.2, -0.15) is 0 Å². The number of likely N-dealkylation sites (N-methyl/N-ethyl adjacent to an activating group) is 2. The summed E-state index contributed by atoms with van der Waals surface area (Å²) >= 11 is 0. The van der Waals surface area contributed by atoms with Gasteiger partial charge in [-0.1, -0.05) is 6.07 Å². The van der Waals surface area contributed by atoms with Gasteiger partial charge < -0.3 is 40.6 Å². The summed E-state index contributed by atoms with van der Waals surface area (Å²) in [5, 5.41) is 14.9. The number of fused-ring (bicyclic) bond motifs is 1. The van der Waals surface area contributed by atoms with Gasteiger partial charge >= 0.3 is 0 Å². The van der Waals surface area contributed by atoms with Gasteiger partial charge in [-0.3, -0.25) is 19.2 Å². The lowest BCUT2D eigenvalue weighted by atomic mass is 10.1. The lowest BCUT2D eigenvalue weighted by Gasteiger charge is -2.34. The first-order valence-electron chi connectivity index (χ1n) is 11.9. The van der Waals surface area contributed by atoms with Crippen molar-refractivity contribution in [3.63, 3.8) is 0 Å². The molecule has 0 radical (unpaired) electrons. The van der Waals surface area contributed by atoms with Crippen molar-refractivity contribution in [2.75, 3.05) is 56.8 Å². The van der Waals surface area contributed by atoms with Crippen LogP contribution in [0, 0.1) is 0 Å². The number of ether oxygens (including phenoxy) is 1. The molecule has 2 atom stereocenters. The van der Waals surface area contributed by atoms with Crippen LogP contribution in [0.2, 0.25) is 0 Å². The maximum Gasteiger partial charge on any atom is 0.259 e. The topological polar surface area (TPSA) is 161 Å². The Kier molecular flexibility index (Phi) is 7.65. The van der Waals surface area contributed by atoms with Gasteiger partial charge in [0.2, 0.25) is 5.91 Å². The van der Waals surface area contributed by atoms with Crippen LogP contribution >= 0.6 is 0 Å². The van der Waals surface area contributed by atoms with E-state index in [4.69, 9.17) is 10.5 Å². The number of nitrogen functional groups attached to an aromatic ring is 1. The maximum atomic E-state index is 13.2. The predicted octanol–water partition coefficient (Wildman–Crippen LogP) is 0.642. The number of amides is 4. The molecule has 200 valence electrons. The first-order valence-corrected chi connectivity index (χ1v) is 11.9. The third-order valence-electron chi connectivity index (χ3n) is 6.29. The minimum Gasteiger partial charge on any atom is -0.385 e. The van der Waals surface area contributed by atoms with E-state index in [9.17, 15) is 24.3 Å². The number of aliphatic hydroxyl groups is 1. The highest BCUT2D eigenvalue weighted by Gasteiger charge is 2.39. The summed E-state index contributed by atoms with van der Waals surface area (Å²) in [6.45, 7) is 0.146. The molecule has 38 heavy (non-hydrogen) atoms. The van der Waals surface area contributed by atoms with Crippen molar-refractivity contribution in [2.45, 2.75) is 12.2 Å². The molecule has 1 aliphatic rings. The first kappa shape index (κ1) is 26.6. The molecule has 4 amide bonds. The van der Waals surface area contributed by atoms with E-state index in [1.54, 1.807) is 56.7 Å². The number of nitrogens with one attached hydrogen (secondary N) is 2. The van der Waals surface area contributed by atoms with Gasteiger partial charge in [-0.25, -0.2) is 0 Å². The molecule has 0 aliphatic carbocycles. The van der Waals surface area contributed by atoms with Crippen molar-refractivity contribution in [1.29, 1.82) is 0 Å². The van der Waals surface area contributed by atoms with E-state index in [0.717, 1.165) is 10.8 Å². The zero-order valence-corrected chi connectivity index (χ0v) is 21.3. The molecule has 12 nitrogen and oxygen atoms in total. The second kappa shape index (κ2) is 10.9. The molecule has 1 fully saturated rings. The van der Waals surface area contributed by atoms with E-state index >= 15 is 0 Å². The largest absolute Gasteiger partial charge is 0.385 e. The van der Waals surface area contributed by atoms with Crippen molar-refractivity contribution in [3.05, 3.63) is 54.2 Å². The van der Waals surface area contributed by atoms with Gasteiger partial charge in [0.05, 0.1) is 13.2 Å². The zero-order chi connectivity index (χ0) is 27.6. The highest BCUT2D eigenvalue weighted by atomic mass is 16.5. The van der Waals surface area contributed by atoms with E-state index in [1.807, 2.05) is 0 Å². The normalized spacial score (nSPS) is 16.3. The molecule has 5 N–H and O–H groups in total. The molecule has 1 saturated heterocycles. The number of nitrogens with two attached hydrogens (primary N) is 1. The number of benzene rings is 2. The smallest absolute Gasteiger partial charge is 0.259 e. The number of H-pyrrole nitrogens is 1. The lowest BCUT2D eigenvalue weighted by Crippen LogP contribution is -2.55. The second-order valence-corrected chi connectivity index (χ2v) is 9.22. The van der Waals surface area contributed by atoms with Crippen LogP contribution in [0.25, 0.3) is 10.8 Å². The van der Waals surface area contributed by atoms with Crippen molar-refractivity contribution >= 4 is 51.6 Å². The van der Waals surface area contributed by atoms with Crippen LogP contribution in [0.15, 0.2) is 48.7 Å². The fraction of sp³-hybridized carbons (Fsp3) is 0.308. The Morgan fingerprint density at radius 2 is 1.97 bits per heavy atom. The Bertz CT molecular complexity index is 1390. The van der Waals surface area contributed by atoms with Gasteiger partial charge in [0, 0.05) is 61.6 Å². The number of hydrogen-bond donors (Lipinski definition) is 4. The van der Waals surface area contributed by atoms with Crippen LogP contribution in [0.3, 0.4) is 0 Å². The number of morpholine rings is 1. The fourth-order valence-electron chi connectivity index (χ4n) is 4.12. The number of nitrogens with zero attached hydrogens (tertiary/aromatic N) is 3. The second-order valence-electron chi connectivity index (χ2n) is 9.22. The quantitative estimate of drug-likeness (QED) is 0.354. The number of carbonyl (C=O) groups excluding carboxylic acids is 4. The third kappa shape index (κ3) is 5.45. The van der Waals surface area contributed by atoms with Crippen molar-refractivity contribution in [2.24, 2.45) is 0 Å². The number of rotatable bonds is 7. The summed E-state index contributed by atoms with van der Waals surface area (Å²) in [6.07, 6.45) is -1.51. The van der Waals surface area contributed by atoms with Crippen LogP contribution in [-0.4, -0.2) is 96.6 Å². The molecule has 2 heterocycles. The average molecular weight is 523 g/mol. The van der Waals surface area contributed by atoms with Crippen molar-refractivity contribution in [3.8, 4) is 0 Å². The average Bonchev–Trinajstić information content (AvgIpc) is 3.27. The Hall–Kier alpha value is -4.42. The summed E-state index contributed by atoms with van der Waals surface area (Å²) in [5.41, 5.74) is 6.95. The van der Waals surface area contributed by atoms with Crippen molar-refractivity contribution < 1.29 is 29.0 Å². The summed E-state index contributed by atoms with van der Waals surface area (Å²) in [4.78, 5) is 57.8. The van der Waals surface area contributed by atoms with Crippen LogP contribution in [0.5, 0.6) is 0 Å². The Morgan fingerprint density at radius 1 is 1.21 bits per heavy atom. The number of anilines is 3. The van der Waals surface area contributed by atoms with Crippen LogP contribution in [0.1, 0.15) is 10.4 Å². The number of carbonyl (C=O) groups is 4. The van der Waals surface area contributed by atoms with Crippen LogP contribution < -0.4 is 16.0 Å². The maximum absolute atomic E-state index is 13.2. The molecule has 1 aromatic heterocycles. The van der Waals surface area contributed by atoms with Crippen LogP contribution in [-0.2, 0) is 19.1 Å². The highest BCUT2D eigenvalue weighted by Crippen LogP contribution is 2.25. The summed E-state index contributed by atoms with van der Waals surface area (Å²) in [5.74, 6) is -1.54. The van der Waals surface area contributed by atoms with E-state index in [0.29, 0.717) is 17.2 Å². The highest BCUT2D eigenvalue weighted by molar-refractivity contribution is 6.05. The standard InChI is InChI=1S/C26H30N6O6/c1-30(2)20(33)14-31(3)25(36)15-5-4-6-18(12-15)32-9-10-38-22(26(32)37)21(34)24(35)29-17-7-8-19-16(11-17)13-28-23(19)27/h4-8,11-13,21-22,28,34H,9-10,14,27H2,1-3H3,(H,29,35)/t21-,22-/m1/s1. The minimum absolute atomic E-state index is 0.0742. The number of aromatic amines is 1. The molecule has 1 aliphatic heterocycles. The summed E-state index contributed by atoms with van der Waals surface area (Å²) < 4.78 is 5.48. The molecule has 0 spiro atoms. The Balaban J connectivity index is 1.45.